The molecule has 2 aromatic heterocycles. The molecule has 0 fully saturated rings. The highest BCUT2D eigenvalue weighted by Crippen LogP contribution is 2.29. The van der Waals surface area contributed by atoms with Crippen molar-refractivity contribution in [2.75, 3.05) is 0 Å². The molecule has 0 aliphatic rings. The zero-order valence-corrected chi connectivity index (χ0v) is 9.78. The Morgan fingerprint density at radius 1 is 1.43 bits per heavy atom. The van der Waals surface area contributed by atoms with E-state index in [2.05, 4.69) is 24.9 Å². The van der Waals surface area contributed by atoms with Gasteiger partial charge in [-0.05, 0) is 25.5 Å². The molecule has 1 atom stereocenters. The SMILES string of the molecule is Cc1cc(C(N)c2nccs2)c(C)s1. The van der Waals surface area contributed by atoms with Crippen LogP contribution in [0, 0.1) is 13.8 Å². The molecule has 0 radical (unpaired) electrons. The van der Waals surface area contributed by atoms with Crippen LogP contribution in [-0.2, 0) is 0 Å². The molecule has 2 nitrogen and oxygen atoms in total. The van der Waals surface area contributed by atoms with E-state index in [4.69, 9.17) is 5.73 Å². The Morgan fingerprint density at radius 3 is 2.71 bits per heavy atom. The maximum atomic E-state index is 6.13. The fourth-order valence-electron chi connectivity index (χ4n) is 1.48. The second-order valence-corrected chi connectivity index (χ2v) is 5.60. The zero-order valence-electron chi connectivity index (χ0n) is 8.15. The highest BCUT2D eigenvalue weighted by Gasteiger charge is 2.15. The van der Waals surface area contributed by atoms with Gasteiger partial charge < -0.3 is 5.73 Å². The molecule has 0 aliphatic heterocycles. The van der Waals surface area contributed by atoms with Crippen molar-refractivity contribution in [3.8, 4) is 0 Å². The fraction of sp³-hybridized carbons (Fsp3) is 0.300. The quantitative estimate of drug-likeness (QED) is 0.852. The molecule has 4 heteroatoms. The van der Waals surface area contributed by atoms with Crippen molar-refractivity contribution < 1.29 is 0 Å². The second-order valence-electron chi connectivity index (χ2n) is 3.22. The van der Waals surface area contributed by atoms with E-state index in [1.165, 1.54) is 15.3 Å². The summed E-state index contributed by atoms with van der Waals surface area (Å²) >= 11 is 3.40. The number of nitrogens with zero attached hydrogens (tertiary/aromatic N) is 1. The van der Waals surface area contributed by atoms with Gasteiger partial charge >= 0.3 is 0 Å². The molecular formula is C10H12N2S2. The highest BCUT2D eigenvalue weighted by atomic mass is 32.1. The maximum absolute atomic E-state index is 6.13. The van der Waals surface area contributed by atoms with Gasteiger partial charge in [-0.2, -0.15) is 0 Å². The molecule has 0 saturated carbocycles. The summed E-state index contributed by atoms with van der Waals surface area (Å²) in [7, 11) is 0. The van der Waals surface area contributed by atoms with Gasteiger partial charge in [-0.1, -0.05) is 0 Å². The lowest BCUT2D eigenvalue weighted by Gasteiger charge is -2.07. The number of aromatic nitrogens is 1. The van der Waals surface area contributed by atoms with E-state index < -0.39 is 0 Å². The molecule has 0 saturated heterocycles. The van der Waals surface area contributed by atoms with Crippen molar-refractivity contribution in [3.05, 3.63) is 38.0 Å². The van der Waals surface area contributed by atoms with E-state index in [-0.39, 0.29) is 6.04 Å². The molecule has 2 aromatic rings. The van der Waals surface area contributed by atoms with Crippen LogP contribution in [0.3, 0.4) is 0 Å². The van der Waals surface area contributed by atoms with Crippen molar-refractivity contribution in [2.24, 2.45) is 5.73 Å². The third-order valence-corrected chi connectivity index (χ3v) is 3.97. The summed E-state index contributed by atoms with van der Waals surface area (Å²) in [6.45, 7) is 4.22. The van der Waals surface area contributed by atoms with Gasteiger partial charge in [0.25, 0.3) is 0 Å². The summed E-state index contributed by atoms with van der Waals surface area (Å²) in [6, 6.07) is 2.10. The van der Waals surface area contributed by atoms with Crippen molar-refractivity contribution in [3.63, 3.8) is 0 Å². The maximum Gasteiger partial charge on any atom is 0.114 e. The van der Waals surface area contributed by atoms with Crippen LogP contribution in [0.4, 0.5) is 0 Å². The van der Waals surface area contributed by atoms with Crippen molar-refractivity contribution >= 4 is 22.7 Å². The van der Waals surface area contributed by atoms with Crippen LogP contribution in [0.1, 0.15) is 26.4 Å². The van der Waals surface area contributed by atoms with E-state index in [1.54, 1.807) is 28.9 Å². The van der Waals surface area contributed by atoms with Crippen LogP contribution in [0.25, 0.3) is 0 Å². The predicted molar refractivity (Wildman–Crippen MR) is 61.9 cm³/mol. The number of aryl methyl sites for hydroxylation is 2. The largest absolute Gasteiger partial charge is 0.318 e. The van der Waals surface area contributed by atoms with Crippen molar-refractivity contribution in [2.45, 2.75) is 19.9 Å². The summed E-state index contributed by atoms with van der Waals surface area (Å²) in [4.78, 5) is 6.85. The Balaban J connectivity index is 2.36. The van der Waals surface area contributed by atoms with E-state index in [9.17, 15) is 0 Å². The van der Waals surface area contributed by atoms with Crippen LogP contribution in [-0.4, -0.2) is 4.98 Å². The van der Waals surface area contributed by atoms with Crippen molar-refractivity contribution in [1.82, 2.24) is 4.98 Å². The summed E-state index contributed by atoms with van der Waals surface area (Å²) in [6.07, 6.45) is 1.80. The Kier molecular flexibility index (Phi) is 2.67. The Bertz CT molecular complexity index is 417. The standard InChI is InChI=1S/C10H12N2S2/c1-6-5-8(7(2)14-6)9(11)10-12-3-4-13-10/h3-5,9H,11H2,1-2H3. The van der Waals surface area contributed by atoms with Crippen LogP contribution < -0.4 is 5.73 Å². The lowest BCUT2D eigenvalue weighted by Crippen LogP contribution is -2.11. The Labute approximate surface area is 91.4 Å². The number of hydrogen-bond acceptors (Lipinski definition) is 4. The molecule has 2 rings (SSSR count). The smallest absolute Gasteiger partial charge is 0.114 e. The first kappa shape index (κ1) is 9.83. The van der Waals surface area contributed by atoms with Crippen LogP contribution in [0.2, 0.25) is 0 Å². The number of hydrogen-bond donors (Lipinski definition) is 1. The summed E-state index contributed by atoms with van der Waals surface area (Å²) in [5, 5.41) is 2.95. The topological polar surface area (TPSA) is 38.9 Å². The first-order valence-electron chi connectivity index (χ1n) is 4.40. The van der Waals surface area contributed by atoms with Gasteiger partial charge in [0.2, 0.25) is 0 Å². The van der Waals surface area contributed by atoms with Crippen LogP contribution in [0.5, 0.6) is 0 Å². The van der Waals surface area contributed by atoms with Crippen molar-refractivity contribution in [1.29, 1.82) is 0 Å². The molecule has 0 aliphatic carbocycles. The second kappa shape index (κ2) is 3.81. The monoisotopic (exact) mass is 224 g/mol. The first-order valence-corrected chi connectivity index (χ1v) is 6.10. The van der Waals surface area contributed by atoms with Gasteiger partial charge in [-0.3, -0.25) is 0 Å². The normalized spacial score (nSPS) is 13.1. The van der Waals surface area contributed by atoms with Gasteiger partial charge in [-0.25, -0.2) is 4.98 Å². The average molecular weight is 224 g/mol. The summed E-state index contributed by atoms with van der Waals surface area (Å²) < 4.78 is 0. The molecule has 14 heavy (non-hydrogen) atoms. The summed E-state index contributed by atoms with van der Waals surface area (Å²) in [5.74, 6) is 0. The summed E-state index contributed by atoms with van der Waals surface area (Å²) in [5.41, 5.74) is 7.34. The third-order valence-electron chi connectivity index (χ3n) is 2.13. The molecule has 0 aromatic carbocycles. The molecule has 1 unspecified atom stereocenters. The zero-order chi connectivity index (χ0) is 10.1. The number of nitrogens with two attached hydrogens (primary N) is 1. The average Bonchev–Trinajstić information content (AvgIpc) is 2.73. The van der Waals surface area contributed by atoms with Gasteiger partial charge in [0, 0.05) is 21.3 Å². The third kappa shape index (κ3) is 1.73. The minimum absolute atomic E-state index is 0.0556. The number of thiazole rings is 1. The van der Waals surface area contributed by atoms with Gasteiger partial charge in [0.1, 0.15) is 5.01 Å². The molecular weight excluding hydrogens is 212 g/mol. The first-order chi connectivity index (χ1) is 6.68. The lowest BCUT2D eigenvalue weighted by atomic mass is 10.1. The van der Waals surface area contributed by atoms with Crippen LogP contribution in [0.15, 0.2) is 17.6 Å². The van der Waals surface area contributed by atoms with E-state index >= 15 is 0 Å². The minimum atomic E-state index is -0.0556. The molecule has 0 bridgehead atoms. The van der Waals surface area contributed by atoms with Gasteiger partial charge in [0.15, 0.2) is 0 Å². The Morgan fingerprint density at radius 2 is 2.21 bits per heavy atom. The predicted octanol–water partition coefficient (Wildman–Crippen LogP) is 2.87. The number of rotatable bonds is 2. The van der Waals surface area contributed by atoms with Gasteiger partial charge in [0.05, 0.1) is 6.04 Å². The van der Waals surface area contributed by atoms with Crippen LogP contribution >= 0.6 is 22.7 Å². The fourth-order valence-corrected chi connectivity index (χ4v) is 3.11. The molecule has 74 valence electrons. The molecule has 0 amide bonds. The lowest BCUT2D eigenvalue weighted by molar-refractivity contribution is 0.855. The van der Waals surface area contributed by atoms with E-state index in [0.29, 0.717) is 0 Å². The van der Waals surface area contributed by atoms with E-state index in [0.717, 1.165) is 5.01 Å². The highest BCUT2D eigenvalue weighted by molar-refractivity contribution is 7.12. The minimum Gasteiger partial charge on any atom is -0.318 e. The van der Waals surface area contributed by atoms with Gasteiger partial charge in [-0.15, -0.1) is 22.7 Å². The molecule has 0 spiro atoms. The number of thiophene rings is 1. The molecule has 2 N–H and O–H groups in total. The Hall–Kier alpha value is -0.710. The molecule has 2 heterocycles. The van der Waals surface area contributed by atoms with E-state index in [1.807, 2.05) is 5.38 Å².